The molecule has 0 radical (unpaired) electrons. The Kier molecular flexibility index (Phi) is 9.10. The number of rotatable bonds is 4. The lowest BCUT2D eigenvalue weighted by molar-refractivity contribution is 0.413. The second-order valence-corrected chi connectivity index (χ2v) is 11.1. The molecule has 14 rings (SSSR count). The maximum absolute atomic E-state index is 5.82. The van der Waals surface area contributed by atoms with Crippen LogP contribution in [0.4, 0.5) is 0 Å². The molecule has 4 nitrogen and oxygen atoms in total. The van der Waals surface area contributed by atoms with E-state index in [0.717, 1.165) is 89.8 Å². The van der Waals surface area contributed by atoms with E-state index in [-0.39, 0.29) is 0 Å². The summed E-state index contributed by atoms with van der Waals surface area (Å²) in [4.78, 5) is 0. The van der Waals surface area contributed by atoms with E-state index in [9.17, 15) is 0 Å². The second-order valence-electron chi connectivity index (χ2n) is 11.1. The molecule has 0 saturated heterocycles. The van der Waals surface area contributed by atoms with E-state index < -0.39 is 0 Å². The molecule has 10 aliphatic rings. The van der Waals surface area contributed by atoms with Crippen LogP contribution in [0.25, 0.3) is 48.6 Å². The van der Waals surface area contributed by atoms with Crippen LogP contribution in [0.3, 0.4) is 0 Å². The topological polar surface area (TPSA) is 36.9 Å². The van der Waals surface area contributed by atoms with Crippen LogP contribution in [0.1, 0.15) is 66.8 Å². The summed E-state index contributed by atoms with van der Waals surface area (Å²) in [5, 5.41) is 0. The lowest BCUT2D eigenvalue weighted by Gasteiger charge is -2.13. The number of hydrogen-bond donors (Lipinski definition) is 0. The van der Waals surface area contributed by atoms with Gasteiger partial charge in [-0.1, -0.05) is 48.6 Å². The molecule has 4 heteroatoms. The highest BCUT2D eigenvalue weighted by atomic mass is 16.5. The Labute approximate surface area is 261 Å². The Morgan fingerprint density at radius 3 is 0.636 bits per heavy atom. The van der Waals surface area contributed by atoms with Crippen molar-refractivity contribution in [3.8, 4) is 23.0 Å². The molecule has 10 aliphatic carbocycles. The molecule has 0 amide bonds. The minimum atomic E-state index is 0.801. The zero-order valence-corrected chi connectivity index (χ0v) is 26.9. The Morgan fingerprint density at radius 2 is 0.455 bits per heavy atom. The number of benzene rings is 4. The van der Waals surface area contributed by atoms with Crippen LogP contribution in [0.2, 0.25) is 0 Å². The summed E-state index contributed by atoms with van der Waals surface area (Å²) in [7, 11) is 6.84. The Bertz CT molecular complexity index is 1700. The van der Waals surface area contributed by atoms with Gasteiger partial charge >= 0.3 is 0 Å². The molecular weight excluding hydrogens is 544 g/mol. The van der Waals surface area contributed by atoms with E-state index in [1.54, 1.807) is 28.4 Å². The molecule has 0 N–H and O–H groups in total. The first-order valence-electron chi connectivity index (χ1n) is 14.7. The highest BCUT2D eigenvalue weighted by molar-refractivity contribution is 5.83. The van der Waals surface area contributed by atoms with Crippen molar-refractivity contribution < 1.29 is 18.9 Å². The summed E-state index contributed by atoms with van der Waals surface area (Å²) in [5.41, 5.74) is 13.0. The van der Waals surface area contributed by atoms with Gasteiger partial charge < -0.3 is 18.9 Å². The fourth-order valence-corrected chi connectivity index (χ4v) is 5.57. The predicted molar refractivity (Wildman–Crippen MR) is 187 cm³/mol. The molecule has 0 aliphatic heterocycles. The first kappa shape index (κ1) is 30.5. The molecule has 0 heterocycles. The van der Waals surface area contributed by atoms with Crippen molar-refractivity contribution in [2.24, 2.45) is 0 Å². The number of ether oxygens (including phenoxy) is 4. The first-order valence-corrected chi connectivity index (χ1v) is 14.7. The molecule has 0 aromatic heterocycles. The number of hydrogen-bond acceptors (Lipinski definition) is 4. The SMILES string of the molecule is COc1cc2c(C)cc1/C=C\c1cc(OC)c(cc1C)/C=C\c1cc(C)c(cc1OC)/C=C\c1cc(C)c(cc1OC)C=C2. The Morgan fingerprint density at radius 1 is 0.273 bits per heavy atom. The minimum absolute atomic E-state index is 0.801. The normalized spacial score (nSPS) is 14.4. The highest BCUT2D eigenvalue weighted by Gasteiger charge is 2.11. The molecule has 224 valence electrons. The van der Waals surface area contributed by atoms with Gasteiger partial charge in [-0.15, -0.1) is 0 Å². The highest BCUT2D eigenvalue weighted by Crippen LogP contribution is 2.33. The zero-order valence-electron chi connectivity index (χ0n) is 26.9. The van der Waals surface area contributed by atoms with Gasteiger partial charge in [-0.25, -0.2) is 0 Å². The summed E-state index contributed by atoms with van der Waals surface area (Å²) < 4.78 is 23.3. The van der Waals surface area contributed by atoms with Crippen LogP contribution >= 0.6 is 0 Å². The molecule has 0 atom stereocenters. The van der Waals surface area contributed by atoms with Crippen molar-refractivity contribution in [3.05, 3.63) is 115 Å². The fourth-order valence-electron chi connectivity index (χ4n) is 5.57. The molecule has 0 unspecified atom stereocenters. The molecule has 4 aromatic carbocycles. The van der Waals surface area contributed by atoms with Crippen molar-refractivity contribution in [2.45, 2.75) is 27.7 Å². The minimum Gasteiger partial charge on any atom is -0.496 e. The van der Waals surface area contributed by atoms with E-state index in [1.807, 2.05) is 0 Å². The van der Waals surface area contributed by atoms with Gasteiger partial charge in [-0.2, -0.15) is 0 Å². The monoisotopic (exact) mass is 584 g/mol. The fraction of sp³-hybridized carbons (Fsp3) is 0.200. The van der Waals surface area contributed by atoms with Crippen LogP contribution < -0.4 is 18.9 Å². The molecule has 0 saturated carbocycles. The Balaban J connectivity index is 1.72. The van der Waals surface area contributed by atoms with Gasteiger partial charge in [-0.05, 0) is 121 Å². The van der Waals surface area contributed by atoms with Gasteiger partial charge in [0.25, 0.3) is 0 Å². The number of methoxy groups -OCH3 is 4. The molecule has 0 spiro atoms. The summed E-state index contributed by atoms with van der Waals surface area (Å²) in [6.45, 7) is 8.49. The zero-order chi connectivity index (χ0) is 31.4. The van der Waals surface area contributed by atoms with E-state index in [4.69, 9.17) is 18.9 Å². The molecule has 0 fully saturated rings. The van der Waals surface area contributed by atoms with E-state index in [1.165, 1.54) is 0 Å². The standard InChI is InChI=1S/C40H40O4/c1-25-17-33-13-11-31-23-39(43-7)35(19-27(31)3)15-16-36-20-28(4)32(24-40(36)44-8)12-14-34-18-26(2)30(22-38(34)42-6)10-9-29(25)21-37(33)41-5/h9-24H,1-8H3/b10-9?,13-11-,14-12-,16-15-,29-9?,30-10?,31-11?,32-12?,33-13?,34-14?,35-15?,36-16?. The maximum Gasteiger partial charge on any atom is 0.126 e. The van der Waals surface area contributed by atoms with Crippen LogP contribution in [0.15, 0.2) is 48.5 Å². The summed E-state index contributed by atoms with van der Waals surface area (Å²) >= 11 is 0. The average Bonchev–Trinajstić information content (AvgIpc) is 3.02. The van der Waals surface area contributed by atoms with Crippen molar-refractivity contribution in [1.82, 2.24) is 0 Å². The lowest BCUT2D eigenvalue weighted by Crippen LogP contribution is -1.94. The van der Waals surface area contributed by atoms with Crippen molar-refractivity contribution in [2.75, 3.05) is 28.4 Å². The van der Waals surface area contributed by atoms with E-state index >= 15 is 0 Å². The Hall–Kier alpha value is -4.96. The van der Waals surface area contributed by atoms with Gasteiger partial charge in [0.15, 0.2) is 0 Å². The average molecular weight is 585 g/mol. The third-order valence-electron chi connectivity index (χ3n) is 8.24. The smallest absolute Gasteiger partial charge is 0.126 e. The third kappa shape index (κ3) is 6.35. The van der Waals surface area contributed by atoms with Crippen molar-refractivity contribution in [1.29, 1.82) is 0 Å². The quantitative estimate of drug-likeness (QED) is 0.211. The van der Waals surface area contributed by atoms with Crippen LogP contribution in [0, 0.1) is 27.7 Å². The second kappa shape index (κ2) is 13.1. The van der Waals surface area contributed by atoms with E-state index in [2.05, 4.69) is 125 Å². The van der Waals surface area contributed by atoms with Crippen molar-refractivity contribution in [3.63, 3.8) is 0 Å². The predicted octanol–water partition coefficient (Wildman–Crippen LogP) is 9.95. The largest absolute Gasteiger partial charge is 0.496 e. The molecule has 44 heavy (non-hydrogen) atoms. The summed E-state index contributed by atoms with van der Waals surface area (Å²) in [5.74, 6) is 3.23. The van der Waals surface area contributed by atoms with Gasteiger partial charge in [0.1, 0.15) is 23.0 Å². The molecular formula is C40H40O4. The van der Waals surface area contributed by atoms with E-state index in [0.29, 0.717) is 0 Å². The first-order chi connectivity index (χ1) is 21.2. The van der Waals surface area contributed by atoms with Crippen LogP contribution in [-0.4, -0.2) is 28.4 Å². The number of aryl methyl sites for hydroxylation is 4. The maximum atomic E-state index is 5.82. The molecule has 4 aromatic rings. The van der Waals surface area contributed by atoms with Crippen molar-refractivity contribution >= 4 is 48.6 Å². The van der Waals surface area contributed by atoms with Crippen LogP contribution in [-0.2, 0) is 0 Å². The summed E-state index contributed by atoms with van der Waals surface area (Å²) in [6, 6.07) is 17.0. The van der Waals surface area contributed by atoms with Gasteiger partial charge in [0.2, 0.25) is 0 Å². The third-order valence-corrected chi connectivity index (χ3v) is 8.24. The van der Waals surface area contributed by atoms with Gasteiger partial charge in [0.05, 0.1) is 28.4 Å². The van der Waals surface area contributed by atoms with Gasteiger partial charge in [0, 0.05) is 22.3 Å². The molecule has 8 bridgehead atoms. The van der Waals surface area contributed by atoms with Gasteiger partial charge in [-0.3, -0.25) is 0 Å². The lowest BCUT2D eigenvalue weighted by atomic mass is 9.97. The summed E-state index contributed by atoms with van der Waals surface area (Å²) in [6.07, 6.45) is 16.9. The van der Waals surface area contributed by atoms with Crippen LogP contribution in [0.5, 0.6) is 23.0 Å².